The summed E-state index contributed by atoms with van der Waals surface area (Å²) in [6.45, 7) is 4.71. The van der Waals surface area contributed by atoms with Gasteiger partial charge in [0.25, 0.3) is 0 Å². The van der Waals surface area contributed by atoms with Crippen molar-refractivity contribution in [3.8, 4) is 5.75 Å². The molecule has 4 rings (SSSR count). The van der Waals surface area contributed by atoms with Crippen molar-refractivity contribution in [2.45, 2.75) is 19.5 Å². The molecule has 3 aromatic carbocycles. The fourth-order valence-electron chi connectivity index (χ4n) is 3.14. The van der Waals surface area contributed by atoms with E-state index < -0.39 is 0 Å². The normalized spacial score (nSPS) is 13.0. The molecule has 0 saturated heterocycles. The summed E-state index contributed by atoms with van der Waals surface area (Å²) in [4.78, 5) is 0. The van der Waals surface area contributed by atoms with Gasteiger partial charge >= 0.3 is 66.7 Å². The van der Waals surface area contributed by atoms with Crippen LogP contribution in [0, 0.1) is 0 Å². The molecule has 3 heteroatoms. The summed E-state index contributed by atoms with van der Waals surface area (Å²) in [7, 11) is 0. The van der Waals surface area contributed by atoms with Crippen LogP contribution in [-0.2, 0) is 18.4 Å². The fourth-order valence-corrected chi connectivity index (χ4v) is 8.91. The Morgan fingerprint density at radius 1 is 0.844 bits per heavy atom. The number of para-hydroxylation sites is 1. The summed E-state index contributed by atoms with van der Waals surface area (Å²) in [6, 6.07) is 30.2. The van der Waals surface area contributed by atoms with Gasteiger partial charge in [-0.2, -0.15) is 0 Å². The second kappa shape index (κ2) is 13.7. The molecule has 0 bridgehead atoms. The van der Waals surface area contributed by atoms with E-state index in [0.717, 1.165) is 22.6 Å². The first-order chi connectivity index (χ1) is 15.7. The Kier molecular flexibility index (Phi) is 10.3. The Morgan fingerprint density at radius 2 is 1.47 bits per heavy atom. The van der Waals surface area contributed by atoms with Gasteiger partial charge in [-0.25, -0.2) is 0 Å². The van der Waals surface area contributed by atoms with Crippen LogP contribution in [0.2, 0.25) is 13.1 Å². The van der Waals surface area contributed by atoms with Gasteiger partial charge in [0.2, 0.25) is 0 Å². The number of hydrogen-bond donors (Lipinski definition) is 0. The predicted molar refractivity (Wildman–Crippen MR) is 138 cm³/mol. The molecule has 0 amide bonds. The van der Waals surface area contributed by atoms with Crippen molar-refractivity contribution in [2.24, 2.45) is 0 Å². The first kappa shape index (κ1) is 24.0. The third kappa shape index (κ3) is 8.84. The van der Waals surface area contributed by atoms with Crippen LogP contribution in [0.25, 0.3) is 11.8 Å². The minimum atomic E-state index is -0.207. The van der Waals surface area contributed by atoms with Crippen molar-refractivity contribution in [1.82, 2.24) is 0 Å². The molecule has 0 atom stereocenters. The molecule has 0 aliphatic heterocycles. The second-order valence-electron chi connectivity index (χ2n) is 7.71. The van der Waals surface area contributed by atoms with Crippen molar-refractivity contribution < 1.29 is 23.1 Å². The van der Waals surface area contributed by atoms with Gasteiger partial charge in [0.1, 0.15) is 11.5 Å². The molecule has 0 spiro atoms. The summed E-state index contributed by atoms with van der Waals surface area (Å²) >= 11 is 0.375. The molecular weight excluding hydrogens is 440 g/mol. The number of allylic oxidation sites excluding steroid dienone is 6. The van der Waals surface area contributed by atoms with Gasteiger partial charge in [0.05, 0.1) is 0 Å². The minimum absolute atomic E-state index is 0.207. The molecule has 0 aromatic heterocycles. The Morgan fingerprint density at radius 3 is 2.06 bits per heavy atom. The molecule has 0 fully saturated rings. The van der Waals surface area contributed by atoms with Crippen LogP contribution >= 0.6 is 0 Å². The van der Waals surface area contributed by atoms with Crippen molar-refractivity contribution in [3.05, 3.63) is 136 Å². The maximum absolute atomic E-state index is 6.05. The number of ether oxygens (including phenoxy) is 1. The zero-order valence-corrected chi connectivity index (χ0v) is 21.5. The van der Waals surface area contributed by atoms with Crippen molar-refractivity contribution >= 4 is 18.5 Å². The molecule has 32 heavy (non-hydrogen) atoms. The maximum atomic E-state index is 6.05. The molecule has 0 saturated carbocycles. The molecule has 0 radical (unpaired) electrons. The van der Waals surface area contributed by atoms with Gasteiger partial charge in [0.15, 0.2) is 0 Å². The van der Waals surface area contributed by atoms with Gasteiger partial charge in [-0.05, 0) is 23.8 Å². The zero-order valence-electron chi connectivity index (χ0n) is 18.8. The average Bonchev–Trinajstić information content (AvgIpc) is 3.33. The zero-order chi connectivity index (χ0) is 22.4. The van der Waals surface area contributed by atoms with Gasteiger partial charge in [-0.3, -0.25) is 0 Å². The van der Waals surface area contributed by atoms with Gasteiger partial charge in [0, 0.05) is 5.56 Å². The summed E-state index contributed by atoms with van der Waals surface area (Å²) < 4.78 is 7.82. The van der Waals surface area contributed by atoms with Crippen molar-refractivity contribution in [1.29, 1.82) is 0 Å². The van der Waals surface area contributed by atoms with Crippen LogP contribution in [0.4, 0.5) is 0 Å². The Balaban J connectivity index is 0.000000269. The summed E-state index contributed by atoms with van der Waals surface area (Å²) in [5, 5.41) is 0. The van der Waals surface area contributed by atoms with Gasteiger partial charge in [-0.15, -0.1) is 0 Å². The molecule has 160 valence electrons. The van der Waals surface area contributed by atoms with Crippen LogP contribution in [-0.4, -0.2) is 6.66 Å². The second-order valence-corrected chi connectivity index (χ2v) is 18.1. The molecule has 3 aromatic rings. The third-order valence-corrected chi connectivity index (χ3v) is 10.6. The monoisotopic (exact) mass is 470 g/mol. The molecule has 1 aliphatic rings. The first-order valence-electron chi connectivity index (χ1n) is 11.0. The topological polar surface area (TPSA) is 9.23 Å². The molecule has 1 aliphatic carbocycles. The van der Waals surface area contributed by atoms with E-state index in [0.29, 0.717) is 18.4 Å². The quantitative estimate of drug-likeness (QED) is 0.195. The van der Waals surface area contributed by atoms with E-state index >= 15 is 0 Å². The Bertz CT molecular complexity index is 1050. The van der Waals surface area contributed by atoms with Crippen LogP contribution in [0.3, 0.4) is 0 Å². The molecular formula is C29H30OSiTi. The van der Waals surface area contributed by atoms with Gasteiger partial charge < -0.3 is 4.74 Å². The molecule has 0 heterocycles. The number of benzene rings is 3. The summed E-state index contributed by atoms with van der Waals surface area (Å²) in [5.41, 5.74) is 2.21. The van der Waals surface area contributed by atoms with Crippen LogP contribution < -0.4 is 4.74 Å². The molecule has 1 nitrogen and oxygen atoms in total. The fraction of sp³-hybridized carbons (Fsp3) is 0.103. The van der Waals surface area contributed by atoms with E-state index in [2.05, 4.69) is 49.5 Å². The molecule has 0 N–H and O–H groups in total. The van der Waals surface area contributed by atoms with Crippen LogP contribution in [0.5, 0.6) is 5.75 Å². The molecule has 0 unspecified atom stereocenters. The van der Waals surface area contributed by atoms with E-state index in [9.17, 15) is 0 Å². The average molecular weight is 471 g/mol. The summed E-state index contributed by atoms with van der Waals surface area (Å²) in [5.74, 6) is 1.65. The van der Waals surface area contributed by atoms with E-state index in [1.165, 1.54) is 6.42 Å². The Hall–Kier alpha value is -2.65. The van der Waals surface area contributed by atoms with E-state index in [1.807, 2.05) is 91.0 Å². The number of rotatable bonds is 7. The first-order valence-corrected chi connectivity index (χ1v) is 17.4. The number of hydrogen-bond acceptors (Lipinski definition) is 1. The van der Waals surface area contributed by atoms with E-state index in [4.69, 9.17) is 4.74 Å². The van der Waals surface area contributed by atoms with E-state index in [-0.39, 0.29) is 6.66 Å². The Labute approximate surface area is 202 Å². The van der Waals surface area contributed by atoms with Crippen LogP contribution in [0.15, 0.2) is 125 Å². The standard InChI is InChI=1S/C22H18O.C5H5.C2H7Si.Ti/c1-4-11-19(12-5-1)13-10-18-22(20-14-6-2-7-15-20)23-21-16-8-3-9-17-21;1-2-4-5-3-1;1-3-2;/h1-18H;1-3H,4H2;3H,1-2H3;. The predicted octanol–water partition coefficient (Wildman–Crippen LogP) is 7.72. The summed E-state index contributed by atoms with van der Waals surface area (Å²) in [6.07, 6.45) is 14.2. The van der Waals surface area contributed by atoms with Crippen molar-refractivity contribution in [3.63, 3.8) is 0 Å². The van der Waals surface area contributed by atoms with Gasteiger partial charge in [-0.1, -0.05) is 91.0 Å². The van der Waals surface area contributed by atoms with Crippen molar-refractivity contribution in [2.75, 3.05) is 0 Å². The SMILES string of the molecule is C(=Cc1ccccc1)C=C(Oc1ccccc1)c1ccccc1.C[SiH](C)[Ti][C]1=CC=CC1. The van der Waals surface area contributed by atoms with Crippen LogP contribution in [0.1, 0.15) is 17.5 Å². The third-order valence-electron chi connectivity index (χ3n) is 4.61. The van der Waals surface area contributed by atoms with E-state index in [1.54, 1.807) is 3.88 Å².